The molecule has 0 saturated heterocycles. The van der Waals surface area contributed by atoms with E-state index in [9.17, 15) is 0 Å². The number of nitrogens with two attached hydrogens (primary N) is 1. The van der Waals surface area contributed by atoms with Gasteiger partial charge in [-0.25, -0.2) is 0 Å². The first kappa shape index (κ1) is 13.7. The number of ether oxygens (including phenoxy) is 1. The summed E-state index contributed by atoms with van der Waals surface area (Å²) in [5.41, 5.74) is 7.39. The SMILES string of the molecule is CCC1CCC(N)(c2cc(Cl)ccc2OC)CC1. The number of halogens is 1. The second kappa shape index (κ2) is 5.50. The van der Waals surface area contributed by atoms with Crippen LogP contribution in [0.25, 0.3) is 0 Å². The van der Waals surface area contributed by atoms with Crippen molar-refractivity contribution in [2.75, 3.05) is 7.11 Å². The van der Waals surface area contributed by atoms with E-state index in [-0.39, 0.29) is 5.54 Å². The minimum atomic E-state index is -0.276. The van der Waals surface area contributed by atoms with Crippen LogP contribution in [0, 0.1) is 5.92 Å². The van der Waals surface area contributed by atoms with E-state index in [1.165, 1.54) is 19.3 Å². The summed E-state index contributed by atoms with van der Waals surface area (Å²) in [6.45, 7) is 2.26. The van der Waals surface area contributed by atoms with Crippen molar-refractivity contribution in [3.05, 3.63) is 28.8 Å². The van der Waals surface area contributed by atoms with Gasteiger partial charge in [0.05, 0.1) is 7.11 Å². The lowest BCUT2D eigenvalue weighted by Gasteiger charge is -2.38. The maximum Gasteiger partial charge on any atom is 0.124 e. The molecule has 0 amide bonds. The van der Waals surface area contributed by atoms with Gasteiger partial charge >= 0.3 is 0 Å². The van der Waals surface area contributed by atoms with E-state index in [0.717, 1.165) is 35.1 Å². The van der Waals surface area contributed by atoms with Gasteiger partial charge in [0.2, 0.25) is 0 Å². The summed E-state index contributed by atoms with van der Waals surface area (Å²) in [5, 5.41) is 0.730. The molecule has 2 rings (SSSR count). The van der Waals surface area contributed by atoms with E-state index < -0.39 is 0 Å². The maximum atomic E-state index is 6.60. The molecule has 100 valence electrons. The first-order valence-corrected chi connectivity index (χ1v) is 7.09. The monoisotopic (exact) mass is 267 g/mol. The van der Waals surface area contributed by atoms with Crippen LogP contribution in [0.2, 0.25) is 5.02 Å². The van der Waals surface area contributed by atoms with Crippen molar-refractivity contribution in [2.45, 2.75) is 44.6 Å². The molecule has 18 heavy (non-hydrogen) atoms. The van der Waals surface area contributed by atoms with Crippen molar-refractivity contribution < 1.29 is 4.74 Å². The maximum absolute atomic E-state index is 6.60. The third-order valence-electron chi connectivity index (χ3n) is 4.27. The minimum Gasteiger partial charge on any atom is -0.496 e. The van der Waals surface area contributed by atoms with Crippen LogP contribution in [0.1, 0.15) is 44.6 Å². The highest BCUT2D eigenvalue weighted by atomic mass is 35.5. The summed E-state index contributed by atoms with van der Waals surface area (Å²) in [5.74, 6) is 1.68. The molecule has 1 aliphatic rings. The Balaban J connectivity index is 2.27. The van der Waals surface area contributed by atoms with Crippen LogP contribution < -0.4 is 10.5 Å². The number of rotatable bonds is 3. The fourth-order valence-corrected chi connectivity index (χ4v) is 3.11. The predicted molar refractivity (Wildman–Crippen MR) is 76.1 cm³/mol. The van der Waals surface area contributed by atoms with Crippen LogP contribution in [0.5, 0.6) is 5.75 Å². The first-order valence-electron chi connectivity index (χ1n) is 6.72. The zero-order chi connectivity index (χ0) is 13.2. The largest absolute Gasteiger partial charge is 0.496 e. The Labute approximate surface area is 114 Å². The highest BCUT2D eigenvalue weighted by Crippen LogP contribution is 2.42. The lowest BCUT2D eigenvalue weighted by Crippen LogP contribution is -2.40. The second-order valence-electron chi connectivity index (χ2n) is 5.35. The number of benzene rings is 1. The summed E-state index contributed by atoms with van der Waals surface area (Å²) in [6, 6.07) is 5.73. The first-order chi connectivity index (χ1) is 8.59. The van der Waals surface area contributed by atoms with E-state index in [4.69, 9.17) is 22.1 Å². The standard InChI is InChI=1S/C15H22ClNO/c1-3-11-6-8-15(17,9-7-11)13-10-12(16)4-5-14(13)18-2/h4-5,10-11H,3,6-9,17H2,1-2H3. The lowest BCUT2D eigenvalue weighted by atomic mass is 9.72. The molecule has 1 aliphatic carbocycles. The summed E-state index contributed by atoms with van der Waals surface area (Å²) < 4.78 is 5.43. The lowest BCUT2D eigenvalue weighted by molar-refractivity contribution is 0.226. The molecule has 1 fully saturated rings. The number of methoxy groups -OCH3 is 1. The van der Waals surface area contributed by atoms with Crippen molar-refractivity contribution in [1.29, 1.82) is 0 Å². The Hall–Kier alpha value is -0.730. The zero-order valence-electron chi connectivity index (χ0n) is 11.2. The van der Waals surface area contributed by atoms with Gasteiger partial charge in [0.15, 0.2) is 0 Å². The number of hydrogen-bond acceptors (Lipinski definition) is 2. The second-order valence-corrected chi connectivity index (χ2v) is 5.79. The Morgan fingerprint density at radius 2 is 2.06 bits per heavy atom. The Bertz CT molecular complexity index is 411. The van der Waals surface area contributed by atoms with E-state index in [0.29, 0.717) is 0 Å². The third-order valence-corrected chi connectivity index (χ3v) is 4.51. The van der Waals surface area contributed by atoms with Crippen molar-refractivity contribution in [1.82, 2.24) is 0 Å². The summed E-state index contributed by atoms with van der Waals surface area (Å²) >= 11 is 6.10. The molecule has 0 aliphatic heterocycles. The normalized spacial score (nSPS) is 28.1. The molecule has 1 saturated carbocycles. The molecule has 3 heteroatoms. The zero-order valence-corrected chi connectivity index (χ0v) is 12.0. The molecule has 1 aromatic rings. The third kappa shape index (κ3) is 2.65. The molecule has 0 unspecified atom stereocenters. The molecule has 0 heterocycles. The molecule has 0 aromatic heterocycles. The fraction of sp³-hybridized carbons (Fsp3) is 0.600. The van der Waals surface area contributed by atoms with Gasteiger partial charge in [-0.1, -0.05) is 24.9 Å². The summed E-state index contributed by atoms with van der Waals surface area (Å²) in [7, 11) is 1.69. The van der Waals surface area contributed by atoms with Crippen LogP contribution >= 0.6 is 11.6 Å². The average Bonchev–Trinajstić information content (AvgIpc) is 2.39. The van der Waals surface area contributed by atoms with Crippen LogP contribution in [0.4, 0.5) is 0 Å². The van der Waals surface area contributed by atoms with E-state index in [2.05, 4.69) is 6.92 Å². The highest BCUT2D eigenvalue weighted by molar-refractivity contribution is 6.30. The van der Waals surface area contributed by atoms with E-state index in [1.54, 1.807) is 7.11 Å². The molecular formula is C15H22ClNO. The van der Waals surface area contributed by atoms with Gasteiger partial charge in [-0.15, -0.1) is 0 Å². The summed E-state index contributed by atoms with van der Waals surface area (Å²) in [4.78, 5) is 0. The minimum absolute atomic E-state index is 0.276. The van der Waals surface area contributed by atoms with Crippen LogP contribution in [0.15, 0.2) is 18.2 Å². The van der Waals surface area contributed by atoms with E-state index >= 15 is 0 Å². The fourth-order valence-electron chi connectivity index (χ4n) is 2.94. The highest BCUT2D eigenvalue weighted by Gasteiger charge is 2.34. The van der Waals surface area contributed by atoms with Gasteiger partial charge in [0.1, 0.15) is 5.75 Å². The molecule has 0 atom stereocenters. The van der Waals surface area contributed by atoms with Gasteiger partial charge in [-0.2, -0.15) is 0 Å². The molecular weight excluding hydrogens is 246 g/mol. The van der Waals surface area contributed by atoms with Crippen molar-refractivity contribution in [2.24, 2.45) is 11.7 Å². The Morgan fingerprint density at radius 3 is 2.61 bits per heavy atom. The van der Waals surface area contributed by atoms with Crippen molar-refractivity contribution in [3.63, 3.8) is 0 Å². The Morgan fingerprint density at radius 1 is 1.39 bits per heavy atom. The molecule has 2 N–H and O–H groups in total. The molecule has 0 radical (unpaired) electrons. The van der Waals surface area contributed by atoms with Crippen LogP contribution in [0.3, 0.4) is 0 Å². The topological polar surface area (TPSA) is 35.2 Å². The molecule has 1 aromatic carbocycles. The molecule has 0 spiro atoms. The predicted octanol–water partition coefficient (Wildman–Crippen LogP) is 4.10. The quantitative estimate of drug-likeness (QED) is 0.895. The van der Waals surface area contributed by atoms with Crippen LogP contribution in [-0.4, -0.2) is 7.11 Å². The van der Waals surface area contributed by atoms with Gasteiger partial charge in [-0.05, 0) is 49.8 Å². The average molecular weight is 268 g/mol. The van der Waals surface area contributed by atoms with E-state index in [1.807, 2.05) is 18.2 Å². The van der Waals surface area contributed by atoms with Crippen molar-refractivity contribution in [3.8, 4) is 5.75 Å². The van der Waals surface area contributed by atoms with Gasteiger partial charge in [0.25, 0.3) is 0 Å². The van der Waals surface area contributed by atoms with Gasteiger partial charge in [0, 0.05) is 16.1 Å². The number of hydrogen-bond donors (Lipinski definition) is 1. The van der Waals surface area contributed by atoms with Gasteiger partial charge in [-0.3, -0.25) is 0 Å². The van der Waals surface area contributed by atoms with Crippen molar-refractivity contribution >= 4 is 11.6 Å². The smallest absolute Gasteiger partial charge is 0.124 e. The molecule has 0 bridgehead atoms. The molecule has 2 nitrogen and oxygen atoms in total. The summed E-state index contributed by atoms with van der Waals surface area (Å²) in [6.07, 6.45) is 5.68. The van der Waals surface area contributed by atoms with Gasteiger partial charge < -0.3 is 10.5 Å². The Kier molecular flexibility index (Phi) is 4.18. The van der Waals surface area contributed by atoms with Crippen LogP contribution in [-0.2, 0) is 5.54 Å².